The summed E-state index contributed by atoms with van der Waals surface area (Å²) in [5.74, 6) is 2.15. The summed E-state index contributed by atoms with van der Waals surface area (Å²) in [7, 11) is 1.55. The van der Waals surface area contributed by atoms with E-state index in [4.69, 9.17) is 25.6 Å². The lowest BCUT2D eigenvalue weighted by molar-refractivity contribution is -0.127. The van der Waals surface area contributed by atoms with Gasteiger partial charge in [-0.2, -0.15) is 4.98 Å². The summed E-state index contributed by atoms with van der Waals surface area (Å²) in [5, 5.41) is 4.54. The van der Waals surface area contributed by atoms with Crippen molar-refractivity contribution in [1.82, 2.24) is 19.9 Å². The minimum Gasteiger partial charge on any atom is -0.491 e. The second-order valence-corrected chi connectivity index (χ2v) is 8.69. The quantitative estimate of drug-likeness (QED) is 0.426. The molecule has 3 aromatic rings. The minimum atomic E-state index is -0.0472. The molecule has 2 aromatic carbocycles. The van der Waals surface area contributed by atoms with E-state index >= 15 is 0 Å². The van der Waals surface area contributed by atoms with Crippen LogP contribution in [0, 0.1) is 6.92 Å². The van der Waals surface area contributed by atoms with E-state index in [9.17, 15) is 4.79 Å². The smallest absolute Gasteiger partial charge is 0.246 e. The van der Waals surface area contributed by atoms with Crippen molar-refractivity contribution in [2.24, 2.45) is 0 Å². The number of aryl methyl sites for hydroxylation is 1. The molecule has 1 aliphatic rings. The number of amides is 1. The molecule has 0 atom stereocenters. The summed E-state index contributed by atoms with van der Waals surface area (Å²) in [6.07, 6.45) is 3.31. The van der Waals surface area contributed by atoms with E-state index in [2.05, 4.69) is 15.0 Å². The molecule has 1 saturated heterocycles. The van der Waals surface area contributed by atoms with Gasteiger partial charge in [-0.1, -0.05) is 46.6 Å². The molecule has 0 aliphatic carbocycles. The van der Waals surface area contributed by atoms with Crippen LogP contribution in [0.3, 0.4) is 0 Å². The van der Waals surface area contributed by atoms with Crippen LogP contribution >= 0.6 is 11.6 Å². The number of hydrogen-bond acceptors (Lipinski definition) is 7. The number of hydrogen-bond donors (Lipinski definition) is 0. The number of nitrogens with zero attached hydrogens (tertiary/aromatic N) is 4. The number of ether oxygens (including phenoxy) is 2. The van der Waals surface area contributed by atoms with Crippen molar-refractivity contribution < 1.29 is 18.8 Å². The van der Waals surface area contributed by atoms with Gasteiger partial charge < -0.3 is 18.9 Å². The number of piperazine rings is 1. The molecule has 0 unspecified atom stereocenters. The number of aromatic nitrogens is 2. The zero-order chi connectivity index (χ0) is 24.8. The number of halogens is 1. The summed E-state index contributed by atoms with van der Waals surface area (Å²) in [4.78, 5) is 21.3. The van der Waals surface area contributed by atoms with Gasteiger partial charge in [0.05, 0.1) is 25.3 Å². The third-order valence-electron chi connectivity index (χ3n) is 5.77. The highest BCUT2D eigenvalue weighted by Crippen LogP contribution is 2.36. The van der Waals surface area contributed by atoms with E-state index in [1.54, 1.807) is 25.3 Å². The summed E-state index contributed by atoms with van der Waals surface area (Å²) in [6.45, 7) is 7.67. The molecule has 8 nitrogen and oxygen atoms in total. The maximum absolute atomic E-state index is 12.7. The molecule has 0 spiro atoms. The lowest BCUT2D eigenvalue weighted by Crippen LogP contribution is -2.47. The average molecular weight is 497 g/mol. The topological polar surface area (TPSA) is 80.9 Å². The Kier molecular flexibility index (Phi) is 8.05. The van der Waals surface area contributed by atoms with Crippen molar-refractivity contribution in [3.63, 3.8) is 0 Å². The standard InChI is InChI=1S/C26H29ClN4O4/c1-4-34-22-16-19(15-21(27)25(22)33-3)7-10-24(32)31-13-11-30(12-14-31)17-23-28-26(29-35-23)20-8-5-18(2)6-9-20/h5-10,15-16H,4,11-14,17H2,1-3H3/b10-7+. The van der Waals surface area contributed by atoms with Gasteiger partial charge >= 0.3 is 0 Å². The van der Waals surface area contributed by atoms with Gasteiger partial charge in [-0.25, -0.2) is 0 Å². The van der Waals surface area contributed by atoms with E-state index in [0.29, 0.717) is 54.5 Å². The molecule has 0 bridgehead atoms. The Labute approximate surface area is 210 Å². The predicted octanol–water partition coefficient (Wildman–Crippen LogP) is 4.46. The molecule has 184 valence electrons. The van der Waals surface area contributed by atoms with E-state index in [0.717, 1.165) is 24.2 Å². The van der Waals surface area contributed by atoms with Crippen molar-refractivity contribution in [2.45, 2.75) is 20.4 Å². The maximum atomic E-state index is 12.7. The van der Waals surface area contributed by atoms with Crippen LogP contribution in [0.2, 0.25) is 5.02 Å². The molecule has 1 amide bonds. The second-order valence-electron chi connectivity index (χ2n) is 8.28. The zero-order valence-electron chi connectivity index (χ0n) is 20.2. The highest BCUT2D eigenvalue weighted by Gasteiger charge is 2.22. The SMILES string of the molecule is CCOc1cc(/C=C/C(=O)N2CCN(Cc3nc(-c4ccc(C)cc4)no3)CC2)cc(Cl)c1OC. The lowest BCUT2D eigenvalue weighted by Gasteiger charge is -2.33. The average Bonchev–Trinajstić information content (AvgIpc) is 3.32. The molecule has 0 N–H and O–H groups in total. The fourth-order valence-electron chi connectivity index (χ4n) is 3.87. The maximum Gasteiger partial charge on any atom is 0.246 e. The van der Waals surface area contributed by atoms with Crippen LogP contribution < -0.4 is 9.47 Å². The third-order valence-corrected chi connectivity index (χ3v) is 6.06. The van der Waals surface area contributed by atoms with Crippen LogP contribution in [0.4, 0.5) is 0 Å². The summed E-state index contributed by atoms with van der Waals surface area (Å²) >= 11 is 6.30. The van der Waals surface area contributed by atoms with Crippen molar-refractivity contribution in [3.8, 4) is 22.9 Å². The largest absolute Gasteiger partial charge is 0.491 e. The predicted molar refractivity (Wildman–Crippen MR) is 135 cm³/mol. The second kappa shape index (κ2) is 11.4. The number of rotatable bonds is 8. The first kappa shape index (κ1) is 24.8. The Morgan fingerprint density at radius 3 is 2.60 bits per heavy atom. The molecule has 35 heavy (non-hydrogen) atoms. The highest BCUT2D eigenvalue weighted by atomic mass is 35.5. The van der Waals surface area contributed by atoms with Gasteiger partial charge in [-0.3, -0.25) is 9.69 Å². The Hall–Kier alpha value is -3.36. The van der Waals surface area contributed by atoms with E-state index in [1.165, 1.54) is 5.56 Å². The fraction of sp³-hybridized carbons (Fsp3) is 0.346. The van der Waals surface area contributed by atoms with Crippen LogP contribution in [0.5, 0.6) is 11.5 Å². The van der Waals surface area contributed by atoms with Crippen LogP contribution in [0.15, 0.2) is 47.0 Å². The summed E-state index contributed by atoms with van der Waals surface area (Å²) in [5.41, 5.74) is 2.88. The van der Waals surface area contributed by atoms with Gasteiger partial charge in [0.1, 0.15) is 0 Å². The van der Waals surface area contributed by atoms with Crippen LogP contribution in [-0.4, -0.2) is 65.7 Å². The first-order valence-corrected chi connectivity index (χ1v) is 11.9. The Morgan fingerprint density at radius 2 is 1.91 bits per heavy atom. The number of methoxy groups -OCH3 is 1. The molecule has 0 radical (unpaired) electrons. The van der Waals surface area contributed by atoms with Crippen LogP contribution in [0.1, 0.15) is 23.9 Å². The van der Waals surface area contributed by atoms with Gasteiger partial charge in [-0.15, -0.1) is 0 Å². The van der Waals surface area contributed by atoms with E-state index in [-0.39, 0.29) is 5.91 Å². The third kappa shape index (κ3) is 6.21. The lowest BCUT2D eigenvalue weighted by atomic mass is 10.1. The van der Waals surface area contributed by atoms with Crippen molar-refractivity contribution in [3.05, 3.63) is 64.5 Å². The summed E-state index contributed by atoms with van der Waals surface area (Å²) < 4.78 is 16.4. The molecule has 1 aromatic heterocycles. The van der Waals surface area contributed by atoms with Crippen LogP contribution in [0.25, 0.3) is 17.5 Å². The molecule has 0 saturated carbocycles. The molecular formula is C26H29ClN4O4. The van der Waals surface area contributed by atoms with Gasteiger partial charge in [0.15, 0.2) is 11.5 Å². The van der Waals surface area contributed by atoms with Crippen molar-refractivity contribution in [2.75, 3.05) is 39.9 Å². The first-order valence-electron chi connectivity index (χ1n) is 11.6. The fourth-order valence-corrected chi connectivity index (χ4v) is 4.17. The summed E-state index contributed by atoms with van der Waals surface area (Å²) in [6, 6.07) is 11.6. The Morgan fingerprint density at radius 1 is 1.17 bits per heavy atom. The number of benzene rings is 2. The molecular weight excluding hydrogens is 468 g/mol. The van der Waals surface area contributed by atoms with Gasteiger partial charge in [0, 0.05) is 37.8 Å². The Bertz CT molecular complexity index is 1180. The van der Waals surface area contributed by atoms with Crippen molar-refractivity contribution >= 4 is 23.6 Å². The van der Waals surface area contributed by atoms with Gasteiger partial charge in [0.25, 0.3) is 0 Å². The van der Waals surface area contributed by atoms with E-state index in [1.807, 2.05) is 49.1 Å². The van der Waals surface area contributed by atoms with Crippen molar-refractivity contribution in [1.29, 1.82) is 0 Å². The molecule has 1 fully saturated rings. The normalized spacial score (nSPS) is 14.5. The number of carbonyl (C=O) groups is 1. The first-order chi connectivity index (χ1) is 17.0. The molecule has 4 rings (SSSR count). The molecule has 2 heterocycles. The van der Waals surface area contributed by atoms with Gasteiger partial charge in [-0.05, 0) is 37.6 Å². The monoisotopic (exact) mass is 496 g/mol. The van der Waals surface area contributed by atoms with Gasteiger partial charge in [0.2, 0.25) is 17.6 Å². The van der Waals surface area contributed by atoms with Crippen LogP contribution in [-0.2, 0) is 11.3 Å². The minimum absolute atomic E-state index is 0.0472. The highest BCUT2D eigenvalue weighted by molar-refractivity contribution is 6.32. The number of carbonyl (C=O) groups excluding carboxylic acids is 1. The zero-order valence-corrected chi connectivity index (χ0v) is 20.9. The molecule has 1 aliphatic heterocycles. The van der Waals surface area contributed by atoms with E-state index < -0.39 is 0 Å². The Balaban J connectivity index is 1.31. The molecule has 9 heteroatoms.